The number of hydrogen-bond donors (Lipinski definition) is 0. The molecule has 0 spiro atoms. The van der Waals surface area contributed by atoms with E-state index in [0.717, 1.165) is 3.97 Å². The van der Waals surface area contributed by atoms with Crippen molar-refractivity contribution in [3.8, 4) is 0 Å². The molecule has 2 aromatic heterocycles. The van der Waals surface area contributed by atoms with E-state index in [9.17, 15) is 8.42 Å². The molecule has 3 rings (SSSR count). The van der Waals surface area contributed by atoms with Crippen molar-refractivity contribution in [3.63, 3.8) is 0 Å². The Bertz CT molecular complexity index is 924. The van der Waals surface area contributed by atoms with E-state index in [1.807, 2.05) is 0 Å². The molecule has 1 aromatic carbocycles. The first kappa shape index (κ1) is 12.3. The van der Waals surface area contributed by atoms with Crippen LogP contribution in [0.3, 0.4) is 0 Å². The Hall–Kier alpha value is -2.72. The van der Waals surface area contributed by atoms with Crippen LogP contribution in [0.2, 0.25) is 0 Å². The Kier molecular flexibility index (Phi) is 2.73. The van der Waals surface area contributed by atoms with E-state index in [-0.39, 0.29) is 4.90 Å². The molecule has 0 saturated carbocycles. The molecule has 0 unspecified atom stereocenters. The fourth-order valence-electron chi connectivity index (χ4n) is 1.85. The Labute approximate surface area is 115 Å². The largest absolute Gasteiger partial charge is 0.271 e. The number of hydrogen-bond acceptors (Lipinski definition) is 4. The van der Waals surface area contributed by atoms with E-state index in [2.05, 4.69) is 14.8 Å². The molecule has 0 saturated heterocycles. The summed E-state index contributed by atoms with van der Waals surface area (Å²) in [6.45, 7) is 6.95. The van der Waals surface area contributed by atoms with Crippen LogP contribution in [0.15, 0.2) is 53.9 Å². The molecule has 20 heavy (non-hydrogen) atoms. The number of fused-ring (bicyclic) bond motifs is 1. The molecule has 0 aliphatic carbocycles. The molecule has 7 heteroatoms. The second kappa shape index (κ2) is 4.43. The van der Waals surface area contributed by atoms with Gasteiger partial charge in [0.1, 0.15) is 11.2 Å². The lowest BCUT2D eigenvalue weighted by atomic mass is 10.3. The van der Waals surface area contributed by atoms with Crippen LogP contribution >= 0.6 is 0 Å². The lowest BCUT2D eigenvalue weighted by molar-refractivity contribution is 0.588. The molecule has 0 radical (unpaired) electrons. The first-order valence-electron chi connectivity index (χ1n) is 5.63. The number of imidazole rings is 1. The Morgan fingerprint density at radius 2 is 2.10 bits per heavy atom. The van der Waals surface area contributed by atoms with Crippen molar-refractivity contribution in [2.45, 2.75) is 4.90 Å². The first-order chi connectivity index (χ1) is 9.63. The van der Waals surface area contributed by atoms with Crippen LogP contribution in [0.5, 0.6) is 0 Å². The molecular weight excluding hydrogens is 276 g/mol. The summed E-state index contributed by atoms with van der Waals surface area (Å²) in [6.07, 6.45) is 4.03. The number of aromatic nitrogens is 3. The summed E-state index contributed by atoms with van der Waals surface area (Å²) < 4.78 is 26.1. The summed E-state index contributed by atoms with van der Waals surface area (Å²) in [5.74, 6) is 0. The van der Waals surface area contributed by atoms with E-state index in [0.29, 0.717) is 16.7 Å². The molecule has 6 nitrogen and oxygen atoms in total. The van der Waals surface area contributed by atoms with Crippen LogP contribution < -0.4 is 0 Å². The van der Waals surface area contributed by atoms with Gasteiger partial charge in [-0.05, 0) is 24.3 Å². The van der Waals surface area contributed by atoms with E-state index < -0.39 is 10.0 Å². The highest BCUT2D eigenvalue weighted by Gasteiger charge is 2.19. The quantitative estimate of drug-likeness (QED) is 0.677. The highest BCUT2D eigenvalue weighted by molar-refractivity contribution is 7.90. The van der Waals surface area contributed by atoms with Gasteiger partial charge in [0.2, 0.25) is 0 Å². The molecule has 98 valence electrons. The minimum atomic E-state index is -3.73. The van der Waals surface area contributed by atoms with Gasteiger partial charge in [0.05, 0.1) is 17.6 Å². The molecule has 2 heterocycles. The third kappa shape index (κ3) is 1.83. The highest BCUT2D eigenvalue weighted by atomic mass is 32.2. The molecule has 0 amide bonds. The van der Waals surface area contributed by atoms with Crippen molar-refractivity contribution in [1.29, 1.82) is 0 Å². The maximum Gasteiger partial charge on any atom is 0.271 e. The van der Waals surface area contributed by atoms with Crippen molar-refractivity contribution >= 4 is 26.7 Å². The van der Waals surface area contributed by atoms with E-state index in [1.54, 1.807) is 24.3 Å². The van der Waals surface area contributed by atoms with E-state index >= 15 is 0 Å². The van der Waals surface area contributed by atoms with Gasteiger partial charge in [-0.25, -0.2) is 22.2 Å². The number of rotatable bonds is 2. The second-order valence-corrected chi connectivity index (χ2v) is 5.83. The predicted molar refractivity (Wildman–Crippen MR) is 72.8 cm³/mol. The van der Waals surface area contributed by atoms with Crippen LogP contribution in [0.1, 0.15) is 0 Å². The van der Waals surface area contributed by atoms with Crippen molar-refractivity contribution in [2.75, 3.05) is 0 Å². The zero-order valence-corrected chi connectivity index (χ0v) is 10.9. The van der Waals surface area contributed by atoms with Gasteiger partial charge in [-0.15, -0.1) is 0 Å². The monoisotopic (exact) mass is 284 g/mol. The lowest BCUT2D eigenvalue weighted by Gasteiger charge is -2.05. The minimum Gasteiger partial charge on any atom is -0.263 e. The van der Waals surface area contributed by atoms with Crippen LogP contribution in [0.25, 0.3) is 15.9 Å². The maximum atomic E-state index is 12.5. The third-order valence-electron chi connectivity index (χ3n) is 2.82. The van der Waals surface area contributed by atoms with Gasteiger partial charge in [0.25, 0.3) is 10.0 Å². The molecule has 3 aromatic rings. The van der Waals surface area contributed by atoms with Gasteiger partial charge in [0, 0.05) is 12.4 Å². The van der Waals surface area contributed by atoms with Gasteiger partial charge >= 0.3 is 0 Å². The topological polar surface area (TPSA) is 69.2 Å². The lowest BCUT2D eigenvalue weighted by Crippen LogP contribution is -2.11. The van der Waals surface area contributed by atoms with Crippen molar-refractivity contribution < 1.29 is 8.42 Å². The summed E-state index contributed by atoms with van der Waals surface area (Å²) in [7, 11) is -3.73. The Morgan fingerprint density at radius 1 is 1.25 bits per heavy atom. The average molecular weight is 284 g/mol. The predicted octanol–water partition coefficient (Wildman–Crippen LogP) is 2.22. The second-order valence-electron chi connectivity index (χ2n) is 4.02. The summed E-state index contributed by atoms with van der Waals surface area (Å²) in [6, 6.07) is 7.72. The summed E-state index contributed by atoms with van der Waals surface area (Å²) in [5.41, 5.74) is 1.31. The normalized spacial score (nSPS) is 11.3. The smallest absolute Gasteiger partial charge is 0.263 e. The highest BCUT2D eigenvalue weighted by Crippen LogP contribution is 2.23. The zero-order chi connectivity index (χ0) is 14.2. The Balaban J connectivity index is 2.23. The molecular formula is C13H8N4O2S. The minimum absolute atomic E-state index is 0.0913. The zero-order valence-electron chi connectivity index (χ0n) is 10.1. The van der Waals surface area contributed by atoms with Crippen molar-refractivity contribution in [3.05, 3.63) is 60.5 Å². The van der Waals surface area contributed by atoms with Crippen LogP contribution in [0, 0.1) is 6.57 Å². The summed E-state index contributed by atoms with van der Waals surface area (Å²) in [5, 5.41) is 0. The SMILES string of the molecule is [C-]#[N+]c1ccc2c(c1)ncn2S(=O)(=O)c1cccnc1. The standard InChI is InChI=1S/C13H8N4O2S/c1-14-10-4-5-13-12(7-10)16-9-17(13)20(18,19)11-3-2-6-15-8-11/h2-9H. The number of pyridine rings is 1. The maximum absolute atomic E-state index is 12.5. The van der Waals surface area contributed by atoms with Gasteiger partial charge in [-0.3, -0.25) is 4.98 Å². The van der Waals surface area contributed by atoms with E-state index in [4.69, 9.17) is 6.57 Å². The molecule has 0 aliphatic heterocycles. The average Bonchev–Trinajstić information content (AvgIpc) is 2.91. The molecule has 0 fully saturated rings. The van der Waals surface area contributed by atoms with E-state index in [1.165, 1.54) is 24.8 Å². The van der Waals surface area contributed by atoms with Gasteiger partial charge in [-0.1, -0.05) is 6.07 Å². The molecule has 0 aliphatic rings. The van der Waals surface area contributed by atoms with Gasteiger partial charge < -0.3 is 0 Å². The number of nitrogens with zero attached hydrogens (tertiary/aromatic N) is 4. The fourth-order valence-corrected chi connectivity index (χ4v) is 3.11. The van der Waals surface area contributed by atoms with Gasteiger partial charge in [-0.2, -0.15) is 0 Å². The van der Waals surface area contributed by atoms with Crippen LogP contribution in [-0.2, 0) is 10.0 Å². The fraction of sp³-hybridized carbons (Fsp3) is 0. The summed E-state index contributed by atoms with van der Waals surface area (Å²) >= 11 is 0. The first-order valence-corrected chi connectivity index (χ1v) is 7.07. The summed E-state index contributed by atoms with van der Waals surface area (Å²) in [4.78, 5) is 11.2. The Morgan fingerprint density at radius 3 is 2.80 bits per heavy atom. The third-order valence-corrected chi connectivity index (χ3v) is 4.46. The molecule has 0 bridgehead atoms. The van der Waals surface area contributed by atoms with Crippen molar-refractivity contribution in [2.24, 2.45) is 0 Å². The van der Waals surface area contributed by atoms with Crippen molar-refractivity contribution in [1.82, 2.24) is 13.9 Å². The number of benzene rings is 1. The van der Waals surface area contributed by atoms with Crippen LogP contribution in [0.4, 0.5) is 5.69 Å². The molecule has 0 atom stereocenters. The van der Waals surface area contributed by atoms with Gasteiger partial charge in [0.15, 0.2) is 5.69 Å². The molecule has 0 N–H and O–H groups in total. The van der Waals surface area contributed by atoms with Crippen LogP contribution in [-0.4, -0.2) is 22.4 Å².